The zero-order valence-electron chi connectivity index (χ0n) is 9.19. The molecule has 0 atom stereocenters. The molecule has 0 saturated heterocycles. The van der Waals surface area contributed by atoms with Crippen LogP contribution in [0.5, 0.6) is 0 Å². The Kier molecular flexibility index (Phi) is 4.21. The minimum Gasteiger partial charge on any atom is -0.481 e. The highest BCUT2D eigenvalue weighted by Crippen LogP contribution is 2.02. The Bertz CT molecular complexity index is 439. The van der Waals surface area contributed by atoms with E-state index in [1.54, 1.807) is 24.3 Å². The first-order valence-electron chi connectivity index (χ1n) is 4.86. The van der Waals surface area contributed by atoms with Crippen LogP contribution in [0.4, 0.5) is 0 Å². The Morgan fingerprint density at radius 1 is 1.12 bits per heavy atom. The van der Waals surface area contributed by atoms with Gasteiger partial charge in [-0.05, 0) is 19.1 Å². The quantitative estimate of drug-likeness (QED) is 0.517. The molecule has 0 aliphatic rings. The molecule has 1 aromatic carbocycles. The van der Waals surface area contributed by atoms with Gasteiger partial charge in [0.25, 0.3) is 5.91 Å². The molecular formula is C11H12N2O4. The molecule has 0 bridgehead atoms. The molecule has 1 aromatic rings. The van der Waals surface area contributed by atoms with Gasteiger partial charge in [0.15, 0.2) is 0 Å². The maximum absolute atomic E-state index is 11.5. The summed E-state index contributed by atoms with van der Waals surface area (Å²) in [5.41, 5.74) is 5.52. The van der Waals surface area contributed by atoms with E-state index >= 15 is 0 Å². The summed E-state index contributed by atoms with van der Waals surface area (Å²) in [6, 6.07) is 6.73. The van der Waals surface area contributed by atoms with Crippen molar-refractivity contribution in [3.8, 4) is 0 Å². The van der Waals surface area contributed by atoms with E-state index in [1.165, 1.54) is 0 Å². The molecule has 2 amide bonds. The number of aliphatic carboxylic acids is 1. The molecule has 1 rings (SSSR count). The molecule has 6 heteroatoms. The van der Waals surface area contributed by atoms with Gasteiger partial charge in [-0.3, -0.25) is 25.2 Å². The van der Waals surface area contributed by atoms with Gasteiger partial charge in [-0.15, -0.1) is 0 Å². The number of carbonyl (C=O) groups is 3. The molecule has 0 spiro atoms. The van der Waals surface area contributed by atoms with Crippen molar-refractivity contribution in [1.82, 2.24) is 10.9 Å². The molecule has 0 unspecified atom stereocenters. The number of hydrazine groups is 1. The largest absolute Gasteiger partial charge is 0.481 e. The van der Waals surface area contributed by atoms with Crippen molar-refractivity contribution in [3.05, 3.63) is 35.4 Å². The van der Waals surface area contributed by atoms with Crippen molar-refractivity contribution < 1.29 is 19.5 Å². The number of nitrogens with one attached hydrogen (secondary N) is 2. The molecule has 17 heavy (non-hydrogen) atoms. The molecular weight excluding hydrogens is 224 g/mol. The summed E-state index contributed by atoms with van der Waals surface area (Å²) in [6.45, 7) is 1.89. The van der Waals surface area contributed by atoms with Crippen LogP contribution in [0.1, 0.15) is 22.3 Å². The van der Waals surface area contributed by atoms with Crippen molar-refractivity contribution in [3.63, 3.8) is 0 Å². The van der Waals surface area contributed by atoms with E-state index < -0.39 is 24.2 Å². The van der Waals surface area contributed by atoms with Crippen LogP contribution in [0.15, 0.2) is 24.3 Å². The second-order valence-electron chi connectivity index (χ2n) is 3.44. The summed E-state index contributed by atoms with van der Waals surface area (Å²) in [5, 5.41) is 8.32. The number of hydrogen-bond acceptors (Lipinski definition) is 3. The van der Waals surface area contributed by atoms with Crippen LogP contribution >= 0.6 is 0 Å². The Hall–Kier alpha value is -2.37. The van der Waals surface area contributed by atoms with E-state index in [1.807, 2.05) is 12.3 Å². The Morgan fingerprint density at radius 3 is 2.24 bits per heavy atom. The van der Waals surface area contributed by atoms with Crippen LogP contribution < -0.4 is 10.9 Å². The second kappa shape index (κ2) is 5.64. The first kappa shape index (κ1) is 12.7. The molecule has 6 nitrogen and oxygen atoms in total. The van der Waals surface area contributed by atoms with Crippen LogP contribution in [-0.4, -0.2) is 22.9 Å². The van der Waals surface area contributed by atoms with Crippen molar-refractivity contribution in [1.29, 1.82) is 0 Å². The molecule has 0 aliphatic carbocycles. The van der Waals surface area contributed by atoms with Gasteiger partial charge in [-0.2, -0.15) is 0 Å². The predicted octanol–water partition coefficient (Wildman–Crippen LogP) is 0.231. The summed E-state index contributed by atoms with van der Waals surface area (Å²) in [5.74, 6) is -2.53. The van der Waals surface area contributed by atoms with E-state index in [4.69, 9.17) is 5.11 Å². The van der Waals surface area contributed by atoms with Crippen LogP contribution in [-0.2, 0) is 9.59 Å². The fourth-order valence-corrected chi connectivity index (χ4v) is 1.09. The van der Waals surface area contributed by atoms with Crippen molar-refractivity contribution in [2.24, 2.45) is 0 Å². The maximum atomic E-state index is 11.5. The fraction of sp³-hybridized carbons (Fsp3) is 0.182. The van der Waals surface area contributed by atoms with Gasteiger partial charge in [-0.1, -0.05) is 17.7 Å². The highest BCUT2D eigenvalue weighted by molar-refractivity contribution is 5.97. The number of benzene rings is 1. The molecule has 0 aromatic heterocycles. The lowest BCUT2D eigenvalue weighted by Crippen LogP contribution is -2.42. The lowest BCUT2D eigenvalue weighted by Gasteiger charge is -2.06. The molecule has 0 heterocycles. The first-order chi connectivity index (χ1) is 7.99. The monoisotopic (exact) mass is 236 g/mol. The first-order valence-corrected chi connectivity index (χ1v) is 4.86. The van der Waals surface area contributed by atoms with Gasteiger partial charge in [0, 0.05) is 5.56 Å². The zero-order chi connectivity index (χ0) is 12.8. The summed E-state index contributed by atoms with van der Waals surface area (Å²) in [7, 11) is 0. The smallest absolute Gasteiger partial charge is 0.312 e. The summed E-state index contributed by atoms with van der Waals surface area (Å²) < 4.78 is 0. The molecule has 0 radical (unpaired) electrons. The minimum atomic E-state index is -1.26. The van der Waals surface area contributed by atoms with Gasteiger partial charge >= 0.3 is 5.97 Å². The zero-order valence-corrected chi connectivity index (χ0v) is 9.19. The van der Waals surface area contributed by atoms with E-state index in [-0.39, 0.29) is 0 Å². The molecule has 90 valence electrons. The van der Waals surface area contributed by atoms with Gasteiger partial charge in [0.05, 0.1) is 0 Å². The van der Waals surface area contributed by atoms with E-state index in [2.05, 4.69) is 5.43 Å². The number of carbonyl (C=O) groups excluding carboxylic acids is 2. The van der Waals surface area contributed by atoms with Crippen molar-refractivity contribution >= 4 is 17.8 Å². The number of rotatable bonds is 3. The lowest BCUT2D eigenvalue weighted by atomic mass is 10.1. The van der Waals surface area contributed by atoms with E-state index in [0.29, 0.717) is 5.56 Å². The van der Waals surface area contributed by atoms with Crippen LogP contribution in [0.3, 0.4) is 0 Å². The average Bonchev–Trinajstić information content (AvgIpc) is 2.26. The summed E-state index contributed by atoms with van der Waals surface area (Å²) in [6.07, 6.45) is -0.686. The van der Waals surface area contributed by atoms with Gasteiger partial charge < -0.3 is 5.11 Å². The Labute approximate surface area is 97.6 Å². The average molecular weight is 236 g/mol. The molecule has 0 saturated carbocycles. The minimum absolute atomic E-state index is 0.381. The highest BCUT2D eigenvalue weighted by atomic mass is 16.4. The van der Waals surface area contributed by atoms with Crippen molar-refractivity contribution in [2.45, 2.75) is 13.3 Å². The predicted molar refractivity (Wildman–Crippen MR) is 59.0 cm³/mol. The third-order valence-corrected chi connectivity index (χ3v) is 1.94. The van der Waals surface area contributed by atoms with Crippen molar-refractivity contribution in [2.75, 3.05) is 0 Å². The highest BCUT2D eigenvalue weighted by Gasteiger charge is 2.09. The van der Waals surface area contributed by atoms with Gasteiger partial charge in [-0.25, -0.2) is 0 Å². The molecule has 0 aliphatic heterocycles. The van der Waals surface area contributed by atoms with E-state index in [9.17, 15) is 14.4 Å². The third kappa shape index (κ3) is 4.33. The number of amides is 2. The Balaban J connectivity index is 2.47. The number of aryl methyl sites for hydroxylation is 1. The number of hydrogen-bond donors (Lipinski definition) is 3. The standard InChI is InChI=1S/C11H12N2O4/c1-7-2-4-8(5-3-7)11(17)13-12-9(14)6-10(15)16/h2-5H,6H2,1H3,(H,12,14)(H,13,17)(H,15,16). The SMILES string of the molecule is Cc1ccc(C(=O)NNC(=O)CC(=O)O)cc1. The van der Waals surface area contributed by atoms with E-state index in [0.717, 1.165) is 5.56 Å². The van der Waals surface area contributed by atoms with Crippen LogP contribution in [0.25, 0.3) is 0 Å². The normalized spacial score (nSPS) is 9.47. The number of carboxylic acid groups (broad SMARTS) is 1. The Morgan fingerprint density at radius 2 is 1.71 bits per heavy atom. The van der Waals surface area contributed by atoms with Crippen LogP contribution in [0.2, 0.25) is 0 Å². The van der Waals surface area contributed by atoms with Gasteiger partial charge in [0.2, 0.25) is 5.91 Å². The summed E-state index contributed by atoms with van der Waals surface area (Å²) in [4.78, 5) is 32.6. The number of carboxylic acids is 1. The topological polar surface area (TPSA) is 95.5 Å². The maximum Gasteiger partial charge on any atom is 0.312 e. The van der Waals surface area contributed by atoms with Crippen LogP contribution in [0, 0.1) is 6.92 Å². The second-order valence-corrected chi connectivity index (χ2v) is 3.44. The summed E-state index contributed by atoms with van der Waals surface area (Å²) >= 11 is 0. The van der Waals surface area contributed by atoms with Gasteiger partial charge in [0.1, 0.15) is 6.42 Å². The fourth-order valence-electron chi connectivity index (χ4n) is 1.09. The lowest BCUT2D eigenvalue weighted by molar-refractivity contribution is -0.140. The third-order valence-electron chi connectivity index (χ3n) is 1.94. The molecule has 0 fully saturated rings. The molecule has 3 N–H and O–H groups in total.